The van der Waals surface area contributed by atoms with Crippen LogP contribution in [0.2, 0.25) is 0 Å². The minimum absolute atomic E-state index is 0.0971. The van der Waals surface area contributed by atoms with E-state index in [9.17, 15) is 14.4 Å². The van der Waals surface area contributed by atoms with Crippen LogP contribution in [0.5, 0.6) is 0 Å². The summed E-state index contributed by atoms with van der Waals surface area (Å²) in [5.74, 6) is -0.963. The summed E-state index contributed by atoms with van der Waals surface area (Å²) in [4.78, 5) is 37.8. The average molecular weight is 795 g/mol. The highest BCUT2D eigenvalue weighted by molar-refractivity contribution is 5.71. The highest BCUT2D eigenvalue weighted by Crippen LogP contribution is 2.13. The average Bonchev–Trinajstić information content (AvgIpc) is 3.21. The van der Waals surface area contributed by atoms with E-state index in [1.54, 1.807) is 0 Å². The zero-order valence-electron chi connectivity index (χ0n) is 37.1. The summed E-state index contributed by atoms with van der Waals surface area (Å²) in [6.45, 7) is 6.40. The summed E-state index contributed by atoms with van der Waals surface area (Å²) >= 11 is 0. The number of unbranched alkanes of at least 4 members (excludes halogenated alkanes) is 18. The summed E-state index contributed by atoms with van der Waals surface area (Å²) in [5, 5.41) is 0. The molecule has 0 N–H and O–H groups in total. The van der Waals surface area contributed by atoms with Gasteiger partial charge in [-0.1, -0.05) is 164 Å². The van der Waals surface area contributed by atoms with Crippen LogP contribution in [0.4, 0.5) is 0 Å². The van der Waals surface area contributed by atoms with Crippen LogP contribution in [0, 0.1) is 0 Å². The van der Waals surface area contributed by atoms with Crippen LogP contribution >= 0.6 is 0 Å². The molecule has 0 unspecified atom stereocenters. The summed E-state index contributed by atoms with van der Waals surface area (Å²) in [6.07, 6.45) is 56.0. The molecule has 0 amide bonds. The Kier molecular flexibility index (Phi) is 43.0. The van der Waals surface area contributed by atoms with E-state index in [2.05, 4.69) is 93.7 Å². The molecule has 57 heavy (non-hydrogen) atoms. The maximum absolute atomic E-state index is 12.7. The van der Waals surface area contributed by atoms with Crippen LogP contribution in [0.15, 0.2) is 72.9 Å². The van der Waals surface area contributed by atoms with E-state index in [1.807, 2.05) is 0 Å². The van der Waals surface area contributed by atoms with Gasteiger partial charge in [0.25, 0.3) is 0 Å². The summed E-state index contributed by atoms with van der Waals surface area (Å²) in [6, 6.07) is 0. The predicted molar refractivity (Wildman–Crippen MR) is 242 cm³/mol. The Morgan fingerprint density at radius 3 is 1.18 bits per heavy atom. The monoisotopic (exact) mass is 795 g/mol. The molecular weight excluding hydrogens is 709 g/mol. The lowest BCUT2D eigenvalue weighted by atomic mass is 10.1. The lowest BCUT2D eigenvalue weighted by Gasteiger charge is -2.18. The Morgan fingerprint density at radius 2 is 0.702 bits per heavy atom. The lowest BCUT2D eigenvalue weighted by Crippen LogP contribution is -2.30. The number of hydrogen-bond acceptors (Lipinski definition) is 6. The van der Waals surface area contributed by atoms with Gasteiger partial charge in [-0.25, -0.2) is 0 Å². The van der Waals surface area contributed by atoms with Crippen LogP contribution < -0.4 is 0 Å². The molecule has 0 fully saturated rings. The van der Waals surface area contributed by atoms with Crippen molar-refractivity contribution in [3.05, 3.63) is 72.9 Å². The van der Waals surface area contributed by atoms with Crippen LogP contribution in [-0.4, -0.2) is 37.2 Å². The molecule has 0 saturated carbocycles. The van der Waals surface area contributed by atoms with Crippen molar-refractivity contribution in [2.75, 3.05) is 13.2 Å². The molecule has 0 aliphatic rings. The van der Waals surface area contributed by atoms with Crippen molar-refractivity contribution in [1.29, 1.82) is 0 Å². The van der Waals surface area contributed by atoms with Gasteiger partial charge in [-0.3, -0.25) is 14.4 Å². The van der Waals surface area contributed by atoms with Gasteiger partial charge in [0.2, 0.25) is 0 Å². The fourth-order valence-electron chi connectivity index (χ4n) is 6.11. The molecule has 0 aliphatic heterocycles. The fourth-order valence-corrected chi connectivity index (χ4v) is 6.11. The molecule has 0 spiro atoms. The van der Waals surface area contributed by atoms with Crippen LogP contribution in [0.3, 0.4) is 0 Å². The molecule has 0 rings (SSSR count). The van der Waals surface area contributed by atoms with Gasteiger partial charge in [0.15, 0.2) is 6.10 Å². The van der Waals surface area contributed by atoms with Crippen molar-refractivity contribution in [2.45, 2.75) is 219 Å². The Hall–Kier alpha value is -3.15. The first-order chi connectivity index (χ1) is 28.0. The Bertz CT molecular complexity index is 1100. The van der Waals surface area contributed by atoms with Crippen molar-refractivity contribution in [3.63, 3.8) is 0 Å². The number of allylic oxidation sites excluding steroid dienone is 12. The standard InChI is InChI=1S/C51H86O6/c1-4-7-10-13-16-19-22-24-25-27-29-32-35-38-41-44-50(53)56-47-48(46-55-49(52)43-40-37-34-31-28-21-18-15-12-9-6-3)57-51(54)45-42-39-36-33-30-26-23-20-17-14-11-8-5-2/h7,10,15-16,18-20,23-25,29,32,48H,4-6,8-9,11-14,17,21-22,26-28,30-31,33-47H2,1-3H3/b10-7-,18-15-,19-16-,23-20-,25-24-,32-29-/t48-/m1/s1. The number of rotatable bonds is 41. The molecule has 0 aromatic heterocycles. The number of esters is 3. The Labute approximate surface area is 351 Å². The number of carbonyl (C=O) groups excluding carboxylic acids is 3. The molecule has 0 heterocycles. The number of hydrogen-bond donors (Lipinski definition) is 0. The van der Waals surface area contributed by atoms with Gasteiger partial charge in [-0.2, -0.15) is 0 Å². The molecular formula is C51H86O6. The summed E-state index contributed by atoms with van der Waals surface area (Å²) in [5.41, 5.74) is 0. The zero-order chi connectivity index (χ0) is 41.5. The molecule has 0 bridgehead atoms. The van der Waals surface area contributed by atoms with Gasteiger partial charge in [0, 0.05) is 19.3 Å². The Balaban J connectivity index is 4.48. The SMILES string of the molecule is CC/C=C\C/C=C\C/C=C\C/C=C\CCCCC(=O)OC[C@@H](COC(=O)CCCCCCC/C=C\CCCC)OC(=O)CCCCCCC/C=C\CCCCCC. The van der Waals surface area contributed by atoms with E-state index in [0.717, 1.165) is 109 Å². The fraction of sp³-hybridized carbons (Fsp3) is 0.706. The molecule has 0 saturated heterocycles. The minimum Gasteiger partial charge on any atom is -0.462 e. The molecule has 6 heteroatoms. The van der Waals surface area contributed by atoms with Gasteiger partial charge in [-0.05, 0) is 103 Å². The van der Waals surface area contributed by atoms with Crippen molar-refractivity contribution in [1.82, 2.24) is 0 Å². The first kappa shape index (κ1) is 53.9. The third-order valence-electron chi connectivity index (χ3n) is 9.66. The molecule has 326 valence electrons. The van der Waals surface area contributed by atoms with Crippen LogP contribution in [0.1, 0.15) is 213 Å². The van der Waals surface area contributed by atoms with Gasteiger partial charge in [0.05, 0.1) is 0 Å². The second kappa shape index (κ2) is 45.6. The van der Waals surface area contributed by atoms with Crippen molar-refractivity contribution in [2.24, 2.45) is 0 Å². The van der Waals surface area contributed by atoms with E-state index in [1.165, 1.54) is 64.2 Å². The van der Waals surface area contributed by atoms with E-state index >= 15 is 0 Å². The smallest absolute Gasteiger partial charge is 0.306 e. The highest BCUT2D eigenvalue weighted by atomic mass is 16.6. The number of ether oxygens (including phenoxy) is 3. The van der Waals surface area contributed by atoms with Crippen molar-refractivity contribution >= 4 is 17.9 Å². The normalized spacial score (nSPS) is 12.7. The molecule has 1 atom stereocenters. The molecule has 0 aromatic rings. The van der Waals surface area contributed by atoms with Gasteiger partial charge in [-0.15, -0.1) is 0 Å². The lowest BCUT2D eigenvalue weighted by molar-refractivity contribution is -0.167. The second-order valence-corrected chi connectivity index (χ2v) is 15.3. The second-order valence-electron chi connectivity index (χ2n) is 15.3. The first-order valence-corrected chi connectivity index (χ1v) is 23.4. The van der Waals surface area contributed by atoms with Gasteiger partial charge in [0.1, 0.15) is 13.2 Å². The predicted octanol–water partition coefficient (Wildman–Crippen LogP) is 15.1. The maximum atomic E-state index is 12.7. The molecule has 0 radical (unpaired) electrons. The maximum Gasteiger partial charge on any atom is 0.306 e. The van der Waals surface area contributed by atoms with E-state index in [0.29, 0.717) is 19.3 Å². The van der Waals surface area contributed by atoms with Crippen molar-refractivity contribution < 1.29 is 28.6 Å². The summed E-state index contributed by atoms with van der Waals surface area (Å²) in [7, 11) is 0. The van der Waals surface area contributed by atoms with Gasteiger partial charge < -0.3 is 14.2 Å². The molecule has 0 aromatic carbocycles. The topological polar surface area (TPSA) is 78.9 Å². The first-order valence-electron chi connectivity index (χ1n) is 23.4. The zero-order valence-corrected chi connectivity index (χ0v) is 37.1. The minimum atomic E-state index is -0.797. The van der Waals surface area contributed by atoms with Gasteiger partial charge >= 0.3 is 17.9 Å². The number of carbonyl (C=O) groups is 3. The highest BCUT2D eigenvalue weighted by Gasteiger charge is 2.19. The third-order valence-corrected chi connectivity index (χ3v) is 9.66. The van der Waals surface area contributed by atoms with E-state index in [4.69, 9.17) is 14.2 Å². The molecule has 0 aliphatic carbocycles. The molecule has 6 nitrogen and oxygen atoms in total. The quantitative estimate of drug-likeness (QED) is 0.0265. The summed E-state index contributed by atoms with van der Waals surface area (Å²) < 4.78 is 16.7. The third kappa shape index (κ3) is 43.8. The van der Waals surface area contributed by atoms with Crippen LogP contribution in [-0.2, 0) is 28.6 Å². The van der Waals surface area contributed by atoms with E-state index < -0.39 is 6.10 Å². The van der Waals surface area contributed by atoms with E-state index in [-0.39, 0.29) is 31.1 Å². The van der Waals surface area contributed by atoms with Crippen LogP contribution in [0.25, 0.3) is 0 Å². The van der Waals surface area contributed by atoms with Crippen molar-refractivity contribution in [3.8, 4) is 0 Å². The largest absolute Gasteiger partial charge is 0.462 e. The Morgan fingerprint density at radius 1 is 0.368 bits per heavy atom.